The molecule has 4 rings (SSSR count). The third kappa shape index (κ3) is 3.87. The van der Waals surface area contributed by atoms with E-state index in [1.165, 1.54) is 28.9 Å². The van der Waals surface area contributed by atoms with Gasteiger partial charge in [0.1, 0.15) is 4.88 Å². The molecule has 1 saturated heterocycles. The molecule has 2 aliphatic rings. The second-order valence-electron chi connectivity index (χ2n) is 9.66. The Morgan fingerprint density at radius 3 is 2.47 bits per heavy atom. The van der Waals surface area contributed by atoms with Crippen molar-refractivity contribution in [2.45, 2.75) is 58.3 Å². The van der Waals surface area contributed by atoms with Gasteiger partial charge in [0.25, 0.3) is 0 Å². The molecule has 0 bridgehead atoms. The summed E-state index contributed by atoms with van der Waals surface area (Å²) < 4.78 is 5.38. The van der Waals surface area contributed by atoms with E-state index in [9.17, 15) is 4.79 Å². The zero-order valence-corrected chi connectivity index (χ0v) is 19.6. The van der Waals surface area contributed by atoms with Crippen molar-refractivity contribution in [2.75, 3.05) is 37.7 Å². The lowest BCUT2D eigenvalue weighted by molar-refractivity contribution is 0.0532. The molecule has 5 nitrogen and oxygen atoms in total. The van der Waals surface area contributed by atoms with E-state index in [2.05, 4.69) is 56.1 Å². The summed E-state index contributed by atoms with van der Waals surface area (Å²) in [4.78, 5) is 20.6. The number of fused-ring (bicyclic) bond motifs is 1. The summed E-state index contributed by atoms with van der Waals surface area (Å²) in [5.41, 5.74) is 4.85. The average Bonchev–Trinajstić information content (AvgIpc) is 3.18. The molecule has 1 fully saturated rings. The van der Waals surface area contributed by atoms with Crippen molar-refractivity contribution in [3.63, 3.8) is 0 Å². The first kappa shape index (κ1) is 21.3. The predicted molar refractivity (Wildman–Crippen MR) is 124 cm³/mol. The van der Waals surface area contributed by atoms with Crippen molar-refractivity contribution in [3.8, 4) is 11.3 Å². The number of rotatable bonds is 4. The van der Waals surface area contributed by atoms with Gasteiger partial charge >= 0.3 is 5.97 Å². The number of thiazole rings is 1. The number of hydrogen-bond donors (Lipinski definition) is 1. The van der Waals surface area contributed by atoms with Crippen LogP contribution in [0.2, 0.25) is 0 Å². The van der Waals surface area contributed by atoms with Crippen LogP contribution in [0.15, 0.2) is 18.2 Å². The van der Waals surface area contributed by atoms with Crippen LogP contribution in [0.1, 0.15) is 68.3 Å². The average molecular weight is 428 g/mol. The zero-order chi connectivity index (χ0) is 21.5. The van der Waals surface area contributed by atoms with Gasteiger partial charge in [0.2, 0.25) is 0 Å². The summed E-state index contributed by atoms with van der Waals surface area (Å²) in [5, 5.41) is 4.28. The number of ether oxygens (including phenoxy) is 1. The number of piperazine rings is 1. The molecule has 1 aliphatic heterocycles. The Morgan fingerprint density at radius 2 is 1.80 bits per heavy atom. The smallest absolute Gasteiger partial charge is 0.350 e. The van der Waals surface area contributed by atoms with Crippen molar-refractivity contribution in [2.24, 2.45) is 0 Å². The van der Waals surface area contributed by atoms with Crippen molar-refractivity contribution in [1.82, 2.24) is 10.3 Å². The molecule has 2 heterocycles. The molecule has 0 saturated carbocycles. The molecule has 1 aromatic heterocycles. The first-order valence-corrected chi connectivity index (χ1v) is 11.8. The molecular weight excluding hydrogens is 394 g/mol. The van der Waals surface area contributed by atoms with E-state index in [-0.39, 0.29) is 16.8 Å². The van der Waals surface area contributed by atoms with Crippen LogP contribution in [0.4, 0.5) is 5.13 Å². The number of nitrogens with zero attached hydrogens (tertiary/aromatic N) is 2. The molecule has 0 spiro atoms. The van der Waals surface area contributed by atoms with E-state index in [0.717, 1.165) is 49.0 Å². The Labute approximate surface area is 183 Å². The van der Waals surface area contributed by atoms with Crippen LogP contribution >= 0.6 is 11.3 Å². The number of benzene rings is 1. The van der Waals surface area contributed by atoms with Crippen LogP contribution in [0.5, 0.6) is 0 Å². The van der Waals surface area contributed by atoms with Crippen LogP contribution < -0.4 is 10.2 Å². The fraction of sp³-hybridized carbons (Fsp3) is 0.583. The van der Waals surface area contributed by atoms with Crippen LogP contribution in [-0.4, -0.2) is 43.7 Å². The minimum absolute atomic E-state index is 0.113. The second kappa shape index (κ2) is 7.97. The van der Waals surface area contributed by atoms with E-state index in [0.29, 0.717) is 11.5 Å². The summed E-state index contributed by atoms with van der Waals surface area (Å²) in [5.74, 6) is -0.274. The fourth-order valence-electron chi connectivity index (χ4n) is 4.57. The standard InChI is InChI=1S/C24H33N3O2S/c1-6-29-21(28)20-19(26-22(30-20)27-13-11-25-12-14-27)16-7-8-17-18(15-16)24(4,5)10-9-23(17,2)3/h7-8,15,25H,6,9-14H2,1-5H3. The van der Waals surface area contributed by atoms with Crippen LogP contribution in [-0.2, 0) is 15.6 Å². The first-order valence-electron chi connectivity index (χ1n) is 11.0. The minimum atomic E-state index is -0.274. The molecule has 162 valence electrons. The molecule has 1 N–H and O–H groups in total. The number of hydrogen-bond acceptors (Lipinski definition) is 6. The van der Waals surface area contributed by atoms with Crippen molar-refractivity contribution in [1.29, 1.82) is 0 Å². The van der Waals surface area contributed by atoms with Crippen molar-refractivity contribution >= 4 is 22.4 Å². The van der Waals surface area contributed by atoms with Gasteiger partial charge in [-0.2, -0.15) is 0 Å². The topological polar surface area (TPSA) is 54.5 Å². The van der Waals surface area contributed by atoms with Gasteiger partial charge < -0.3 is 15.0 Å². The Morgan fingerprint density at radius 1 is 1.13 bits per heavy atom. The maximum absolute atomic E-state index is 12.8. The van der Waals surface area contributed by atoms with E-state index in [1.807, 2.05) is 6.92 Å². The maximum Gasteiger partial charge on any atom is 0.350 e. The first-order chi connectivity index (χ1) is 14.2. The van der Waals surface area contributed by atoms with Gasteiger partial charge in [-0.05, 0) is 47.8 Å². The SMILES string of the molecule is CCOC(=O)c1sc(N2CCNCC2)nc1-c1ccc2c(c1)C(C)(C)CCC2(C)C. The number of nitrogens with one attached hydrogen (secondary N) is 1. The number of carbonyl (C=O) groups excluding carboxylic acids is 1. The molecule has 30 heavy (non-hydrogen) atoms. The summed E-state index contributed by atoms with van der Waals surface area (Å²) in [6.07, 6.45) is 2.34. The molecular formula is C24H33N3O2S. The molecule has 2 aromatic rings. The predicted octanol–water partition coefficient (Wildman–Crippen LogP) is 4.75. The van der Waals surface area contributed by atoms with Gasteiger partial charge in [-0.15, -0.1) is 0 Å². The van der Waals surface area contributed by atoms with E-state index in [4.69, 9.17) is 9.72 Å². The van der Waals surface area contributed by atoms with Gasteiger partial charge in [0.15, 0.2) is 5.13 Å². The second-order valence-corrected chi connectivity index (χ2v) is 10.6. The number of esters is 1. The van der Waals surface area contributed by atoms with Crippen LogP contribution in [0, 0.1) is 0 Å². The largest absolute Gasteiger partial charge is 0.462 e. The van der Waals surface area contributed by atoms with Crippen LogP contribution in [0.25, 0.3) is 11.3 Å². The molecule has 0 radical (unpaired) electrons. The Balaban J connectivity index is 1.81. The third-order valence-corrected chi connectivity index (χ3v) is 7.69. The third-order valence-electron chi connectivity index (χ3n) is 6.59. The Kier molecular flexibility index (Phi) is 5.66. The summed E-state index contributed by atoms with van der Waals surface area (Å²) in [6, 6.07) is 6.67. The van der Waals surface area contributed by atoms with Crippen molar-refractivity contribution < 1.29 is 9.53 Å². The van der Waals surface area contributed by atoms with E-state index in [1.54, 1.807) is 0 Å². The van der Waals surface area contributed by atoms with Crippen molar-refractivity contribution in [3.05, 3.63) is 34.2 Å². The van der Waals surface area contributed by atoms with Gasteiger partial charge in [-0.3, -0.25) is 0 Å². The summed E-state index contributed by atoms with van der Waals surface area (Å²) in [6.45, 7) is 15.2. The fourth-order valence-corrected chi connectivity index (χ4v) is 5.60. The monoisotopic (exact) mass is 427 g/mol. The Hall–Kier alpha value is -1.92. The molecule has 0 atom stereocenters. The number of carbonyl (C=O) groups is 1. The minimum Gasteiger partial charge on any atom is -0.462 e. The van der Waals surface area contributed by atoms with E-state index < -0.39 is 0 Å². The quantitative estimate of drug-likeness (QED) is 0.714. The number of aromatic nitrogens is 1. The molecule has 0 unspecified atom stereocenters. The molecule has 0 amide bonds. The lowest BCUT2D eigenvalue weighted by Gasteiger charge is -2.42. The van der Waals surface area contributed by atoms with Gasteiger partial charge in [0.05, 0.1) is 12.3 Å². The highest BCUT2D eigenvalue weighted by atomic mass is 32.1. The van der Waals surface area contributed by atoms with Gasteiger partial charge in [-0.1, -0.05) is 51.2 Å². The van der Waals surface area contributed by atoms with E-state index >= 15 is 0 Å². The molecule has 1 aliphatic carbocycles. The highest BCUT2D eigenvalue weighted by Gasteiger charge is 2.37. The molecule has 1 aromatic carbocycles. The zero-order valence-electron chi connectivity index (χ0n) is 18.8. The lowest BCUT2D eigenvalue weighted by Crippen LogP contribution is -2.43. The highest BCUT2D eigenvalue weighted by molar-refractivity contribution is 7.17. The normalized spacial score (nSPS) is 20.0. The van der Waals surface area contributed by atoms with Crippen LogP contribution in [0.3, 0.4) is 0 Å². The lowest BCUT2D eigenvalue weighted by atomic mass is 9.63. The van der Waals surface area contributed by atoms with Gasteiger partial charge in [-0.25, -0.2) is 9.78 Å². The summed E-state index contributed by atoms with van der Waals surface area (Å²) >= 11 is 1.46. The van der Waals surface area contributed by atoms with Gasteiger partial charge in [0, 0.05) is 31.7 Å². The summed E-state index contributed by atoms with van der Waals surface area (Å²) in [7, 11) is 0. The Bertz CT molecular complexity index is 942. The molecule has 6 heteroatoms. The highest BCUT2D eigenvalue weighted by Crippen LogP contribution is 2.47. The maximum atomic E-state index is 12.8. The number of anilines is 1.